The van der Waals surface area contributed by atoms with Crippen molar-refractivity contribution in [3.63, 3.8) is 0 Å². The molecule has 1 aromatic heterocycles. The molecule has 0 radical (unpaired) electrons. The number of nitrogens with two attached hydrogens (primary N) is 1. The molecule has 3 rings (SSSR count). The minimum atomic E-state index is -0.843. The molecule has 0 fully saturated rings. The molecular formula is C20H18F2N4O3. The van der Waals surface area contributed by atoms with Gasteiger partial charge in [-0.05, 0) is 25.1 Å². The molecule has 150 valence electrons. The van der Waals surface area contributed by atoms with Gasteiger partial charge in [-0.25, -0.2) is 8.78 Å². The summed E-state index contributed by atoms with van der Waals surface area (Å²) < 4.78 is 33.6. The first kappa shape index (κ1) is 20.0. The fourth-order valence-electron chi connectivity index (χ4n) is 2.66. The van der Waals surface area contributed by atoms with E-state index >= 15 is 0 Å². The van der Waals surface area contributed by atoms with E-state index in [1.54, 1.807) is 24.3 Å². The minimum absolute atomic E-state index is 0.0534. The van der Waals surface area contributed by atoms with E-state index in [1.807, 2.05) is 6.92 Å². The summed E-state index contributed by atoms with van der Waals surface area (Å²) in [6.45, 7) is 2.19. The van der Waals surface area contributed by atoms with Gasteiger partial charge in [-0.2, -0.15) is 5.10 Å². The van der Waals surface area contributed by atoms with Gasteiger partial charge in [0.1, 0.15) is 12.4 Å². The highest BCUT2D eigenvalue weighted by Gasteiger charge is 2.19. The first-order valence-corrected chi connectivity index (χ1v) is 8.73. The lowest BCUT2D eigenvalue weighted by molar-refractivity contribution is 0.0995. The number of primary amides is 1. The number of aromatic nitrogens is 2. The quantitative estimate of drug-likeness (QED) is 0.637. The van der Waals surface area contributed by atoms with E-state index < -0.39 is 23.4 Å². The number of carbonyl (C=O) groups excluding carboxylic acids is 2. The van der Waals surface area contributed by atoms with Gasteiger partial charge >= 0.3 is 0 Å². The van der Waals surface area contributed by atoms with E-state index in [0.717, 1.165) is 6.07 Å². The van der Waals surface area contributed by atoms with Crippen molar-refractivity contribution in [2.75, 3.05) is 5.32 Å². The van der Waals surface area contributed by atoms with E-state index in [-0.39, 0.29) is 29.3 Å². The average Bonchev–Trinajstić information content (AvgIpc) is 3.11. The van der Waals surface area contributed by atoms with E-state index in [4.69, 9.17) is 10.5 Å². The van der Waals surface area contributed by atoms with Crippen molar-refractivity contribution in [3.05, 3.63) is 77.1 Å². The first-order chi connectivity index (χ1) is 13.9. The molecule has 3 aromatic rings. The number of halogens is 2. The molecule has 0 atom stereocenters. The zero-order valence-electron chi connectivity index (χ0n) is 15.5. The molecule has 0 bridgehead atoms. The van der Waals surface area contributed by atoms with Gasteiger partial charge in [-0.15, -0.1) is 0 Å². The number of anilines is 1. The molecule has 2 amide bonds. The van der Waals surface area contributed by atoms with Crippen LogP contribution < -0.4 is 15.8 Å². The highest BCUT2D eigenvalue weighted by atomic mass is 19.1. The van der Waals surface area contributed by atoms with Crippen LogP contribution in [0.5, 0.6) is 5.75 Å². The van der Waals surface area contributed by atoms with Crippen molar-refractivity contribution in [2.24, 2.45) is 5.73 Å². The molecule has 0 saturated heterocycles. The second-order valence-corrected chi connectivity index (χ2v) is 6.09. The number of hydrogen-bond donors (Lipinski definition) is 2. The van der Waals surface area contributed by atoms with E-state index in [0.29, 0.717) is 18.2 Å². The Morgan fingerprint density at radius 3 is 2.66 bits per heavy atom. The lowest BCUT2D eigenvalue weighted by Gasteiger charge is -2.12. The molecule has 7 nitrogen and oxygen atoms in total. The van der Waals surface area contributed by atoms with Gasteiger partial charge in [0.05, 0.1) is 5.69 Å². The Bertz CT molecular complexity index is 1070. The smallest absolute Gasteiger partial charge is 0.271 e. The third kappa shape index (κ3) is 4.57. The maximum Gasteiger partial charge on any atom is 0.271 e. The molecule has 29 heavy (non-hydrogen) atoms. The van der Waals surface area contributed by atoms with Crippen molar-refractivity contribution >= 4 is 17.5 Å². The van der Waals surface area contributed by atoms with Crippen LogP contribution in [-0.2, 0) is 13.2 Å². The van der Waals surface area contributed by atoms with Crippen LogP contribution in [0.3, 0.4) is 0 Å². The second-order valence-electron chi connectivity index (χ2n) is 6.09. The fraction of sp³-hybridized carbons (Fsp3) is 0.150. The minimum Gasteiger partial charge on any atom is -0.486 e. The zero-order chi connectivity index (χ0) is 21.0. The summed E-state index contributed by atoms with van der Waals surface area (Å²) >= 11 is 0. The Hall–Kier alpha value is -3.75. The van der Waals surface area contributed by atoms with Gasteiger partial charge in [0.15, 0.2) is 17.3 Å². The number of nitrogens with one attached hydrogen (secondary N) is 1. The van der Waals surface area contributed by atoms with Gasteiger partial charge in [0, 0.05) is 29.9 Å². The van der Waals surface area contributed by atoms with Gasteiger partial charge < -0.3 is 15.8 Å². The molecule has 0 aliphatic carbocycles. The lowest BCUT2D eigenvalue weighted by Crippen LogP contribution is -2.19. The molecule has 1 heterocycles. The predicted molar refractivity (Wildman–Crippen MR) is 102 cm³/mol. The number of aryl methyl sites for hydroxylation is 1. The normalized spacial score (nSPS) is 10.6. The third-order valence-electron chi connectivity index (χ3n) is 4.11. The zero-order valence-corrected chi connectivity index (χ0v) is 15.5. The van der Waals surface area contributed by atoms with Crippen LogP contribution in [0.25, 0.3) is 0 Å². The topological polar surface area (TPSA) is 99.2 Å². The summed E-state index contributed by atoms with van der Waals surface area (Å²) in [5.41, 5.74) is 6.18. The van der Waals surface area contributed by atoms with Crippen LogP contribution in [0.2, 0.25) is 0 Å². The SMILES string of the molecule is CCn1cc(NC(=O)c2ccccc2COc2ccc(F)cc2F)c(C(N)=O)n1. The summed E-state index contributed by atoms with van der Waals surface area (Å²) in [5.74, 6) is -2.97. The van der Waals surface area contributed by atoms with Crippen molar-refractivity contribution < 1.29 is 23.1 Å². The van der Waals surface area contributed by atoms with Gasteiger partial charge in [0.2, 0.25) is 0 Å². The van der Waals surface area contributed by atoms with Crippen LogP contribution in [0, 0.1) is 11.6 Å². The van der Waals surface area contributed by atoms with Crippen LogP contribution in [-0.4, -0.2) is 21.6 Å². The van der Waals surface area contributed by atoms with Crippen LogP contribution >= 0.6 is 0 Å². The number of carbonyl (C=O) groups is 2. The van der Waals surface area contributed by atoms with Gasteiger partial charge in [-0.3, -0.25) is 14.3 Å². The molecule has 2 aromatic carbocycles. The molecule has 0 saturated carbocycles. The molecule has 3 N–H and O–H groups in total. The molecule has 0 unspecified atom stereocenters. The Morgan fingerprint density at radius 2 is 1.97 bits per heavy atom. The highest BCUT2D eigenvalue weighted by Crippen LogP contribution is 2.21. The number of nitrogens with zero attached hydrogens (tertiary/aromatic N) is 2. The van der Waals surface area contributed by atoms with Crippen molar-refractivity contribution in [1.29, 1.82) is 0 Å². The van der Waals surface area contributed by atoms with Crippen molar-refractivity contribution in [2.45, 2.75) is 20.1 Å². The van der Waals surface area contributed by atoms with E-state index in [2.05, 4.69) is 10.4 Å². The number of amides is 2. The number of hydrogen-bond acceptors (Lipinski definition) is 4. The Balaban J connectivity index is 1.80. The lowest BCUT2D eigenvalue weighted by atomic mass is 10.1. The van der Waals surface area contributed by atoms with Crippen LogP contribution in [0.15, 0.2) is 48.7 Å². The van der Waals surface area contributed by atoms with Crippen LogP contribution in [0.1, 0.15) is 33.3 Å². The first-order valence-electron chi connectivity index (χ1n) is 8.73. The Morgan fingerprint density at radius 1 is 1.21 bits per heavy atom. The van der Waals surface area contributed by atoms with Crippen molar-refractivity contribution in [1.82, 2.24) is 9.78 Å². The molecule has 0 aliphatic rings. The number of benzene rings is 2. The summed E-state index contributed by atoms with van der Waals surface area (Å²) in [5, 5.41) is 6.64. The predicted octanol–water partition coefficient (Wildman–Crippen LogP) is 3.11. The van der Waals surface area contributed by atoms with E-state index in [9.17, 15) is 18.4 Å². The molecule has 0 spiro atoms. The molecular weight excluding hydrogens is 382 g/mol. The summed E-state index contributed by atoms with van der Waals surface area (Å²) in [6, 6.07) is 9.51. The van der Waals surface area contributed by atoms with Gasteiger partial charge in [-0.1, -0.05) is 18.2 Å². The van der Waals surface area contributed by atoms with Crippen molar-refractivity contribution in [3.8, 4) is 5.75 Å². The largest absolute Gasteiger partial charge is 0.486 e. The highest BCUT2D eigenvalue weighted by molar-refractivity contribution is 6.08. The maximum absolute atomic E-state index is 13.8. The van der Waals surface area contributed by atoms with Gasteiger partial charge in [0.25, 0.3) is 11.8 Å². The standard InChI is InChI=1S/C20H18F2N4O3/c1-2-26-10-16(18(25-26)19(23)27)24-20(28)14-6-4-3-5-12(14)11-29-17-8-7-13(21)9-15(17)22/h3-10H,2,11H2,1H3,(H2,23,27)(H,24,28). The van der Waals surface area contributed by atoms with Crippen LogP contribution in [0.4, 0.5) is 14.5 Å². The number of rotatable bonds is 7. The monoisotopic (exact) mass is 400 g/mol. The molecule has 0 aliphatic heterocycles. The third-order valence-corrected chi connectivity index (χ3v) is 4.11. The Labute approximate surface area is 165 Å². The summed E-state index contributed by atoms with van der Waals surface area (Å²) in [6.07, 6.45) is 1.50. The summed E-state index contributed by atoms with van der Waals surface area (Å²) in [7, 11) is 0. The maximum atomic E-state index is 13.8. The fourth-order valence-corrected chi connectivity index (χ4v) is 2.66. The van der Waals surface area contributed by atoms with E-state index in [1.165, 1.54) is 16.9 Å². The molecule has 9 heteroatoms. The second kappa shape index (κ2) is 8.51. The average molecular weight is 400 g/mol. The Kier molecular flexibility index (Phi) is 5.87. The number of ether oxygens (including phenoxy) is 1. The summed E-state index contributed by atoms with van der Waals surface area (Å²) in [4.78, 5) is 24.3.